The number of aliphatic imine (C=N–C) groups is 1. The number of aliphatic hydroxyl groups is 1. The molecule has 4 N–H and O–H groups in total. The van der Waals surface area contributed by atoms with E-state index in [2.05, 4.69) is 22.4 Å². The minimum absolute atomic E-state index is 0.152. The average Bonchev–Trinajstić information content (AvgIpc) is 3.06. The summed E-state index contributed by atoms with van der Waals surface area (Å²) >= 11 is 6.15. The average molecular weight is 374 g/mol. The first-order chi connectivity index (χ1) is 12.6. The van der Waals surface area contributed by atoms with E-state index in [0.717, 1.165) is 35.5 Å². The molecule has 1 aliphatic heterocycles. The predicted molar refractivity (Wildman–Crippen MR) is 106 cm³/mol. The number of aryl methyl sites for hydroxylation is 2. The highest BCUT2D eigenvalue weighted by Gasteiger charge is 2.16. The van der Waals surface area contributed by atoms with E-state index < -0.39 is 6.23 Å². The molecule has 3 rings (SSSR count). The first-order valence-electron chi connectivity index (χ1n) is 8.83. The van der Waals surface area contributed by atoms with Crippen LogP contribution in [0.25, 0.3) is 0 Å². The lowest BCUT2D eigenvalue weighted by molar-refractivity contribution is 0.193. The van der Waals surface area contributed by atoms with E-state index in [0.29, 0.717) is 19.0 Å². The van der Waals surface area contributed by atoms with E-state index in [1.54, 1.807) is 0 Å². The lowest BCUT2D eigenvalue weighted by atomic mass is 10.1. The number of nitrogens with two attached hydrogens (primary N) is 1. The number of anilines is 1. The van der Waals surface area contributed by atoms with Gasteiger partial charge in [0.1, 0.15) is 12.8 Å². The highest BCUT2D eigenvalue weighted by molar-refractivity contribution is 6.31. The van der Waals surface area contributed by atoms with E-state index in [4.69, 9.17) is 22.1 Å². The maximum atomic E-state index is 10.2. The summed E-state index contributed by atoms with van der Waals surface area (Å²) in [4.78, 5) is 4.23. The number of hydrogen-bond donors (Lipinski definition) is 3. The Bertz CT molecular complexity index is 749. The fraction of sp³-hybridized carbons (Fsp3) is 0.350. The van der Waals surface area contributed by atoms with Crippen molar-refractivity contribution in [1.82, 2.24) is 0 Å². The van der Waals surface area contributed by atoms with Gasteiger partial charge in [-0.1, -0.05) is 41.9 Å². The summed E-state index contributed by atoms with van der Waals surface area (Å²) in [5, 5.41) is 14.1. The monoisotopic (exact) mass is 373 g/mol. The van der Waals surface area contributed by atoms with Crippen LogP contribution in [0.5, 0.6) is 0 Å². The van der Waals surface area contributed by atoms with E-state index >= 15 is 0 Å². The van der Waals surface area contributed by atoms with Gasteiger partial charge in [0, 0.05) is 10.7 Å². The molecule has 0 radical (unpaired) electrons. The fourth-order valence-electron chi connectivity index (χ4n) is 2.94. The molecular weight excluding hydrogens is 350 g/mol. The highest BCUT2D eigenvalue weighted by Crippen LogP contribution is 2.19. The zero-order valence-electron chi connectivity index (χ0n) is 14.6. The number of amidine groups is 1. The normalized spacial score (nSPS) is 17.5. The van der Waals surface area contributed by atoms with Gasteiger partial charge >= 0.3 is 0 Å². The van der Waals surface area contributed by atoms with Crippen LogP contribution < -0.4 is 11.1 Å². The first kappa shape index (κ1) is 18.5. The third-order valence-electron chi connectivity index (χ3n) is 4.43. The maximum Gasteiger partial charge on any atom is 0.282 e. The number of hydrogen-bond acceptors (Lipinski definition) is 5. The summed E-state index contributed by atoms with van der Waals surface area (Å²) in [5.41, 5.74) is 8.68. The van der Waals surface area contributed by atoms with Gasteiger partial charge in [-0.2, -0.15) is 0 Å². The van der Waals surface area contributed by atoms with Crippen molar-refractivity contribution in [2.75, 3.05) is 11.9 Å². The second-order valence-corrected chi connectivity index (χ2v) is 6.87. The number of nitrogens with zero attached hydrogens (tertiary/aromatic N) is 1. The molecule has 1 heterocycles. The Labute approximate surface area is 158 Å². The Morgan fingerprint density at radius 1 is 1.19 bits per heavy atom. The molecule has 0 spiro atoms. The van der Waals surface area contributed by atoms with Crippen LogP contribution in [0, 0.1) is 0 Å². The Morgan fingerprint density at radius 2 is 1.96 bits per heavy atom. The van der Waals surface area contributed by atoms with Crippen molar-refractivity contribution in [2.24, 2.45) is 10.7 Å². The van der Waals surface area contributed by atoms with Crippen LogP contribution in [-0.2, 0) is 17.6 Å². The van der Waals surface area contributed by atoms with Gasteiger partial charge in [0.25, 0.3) is 6.02 Å². The van der Waals surface area contributed by atoms with Gasteiger partial charge in [-0.25, -0.2) is 4.99 Å². The van der Waals surface area contributed by atoms with Gasteiger partial charge in [-0.05, 0) is 55.0 Å². The number of ether oxygens (including phenoxy) is 1. The van der Waals surface area contributed by atoms with Gasteiger partial charge in [0.15, 0.2) is 0 Å². The second kappa shape index (κ2) is 8.92. The van der Waals surface area contributed by atoms with Crippen molar-refractivity contribution >= 4 is 23.3 Å². The smallest absolute Gasteiger partial charge is 0.282 e. The van der Waals surface area contributed by atoms with Crippen LogP contribution in [0.4, 0.5) is 5.69 Å². The summed E-state index contributed by atoms with van der Waals surface area (Å²) in [6, 6.07) is 16.2. The van der Waals surface area contributed by atoms with Crippen molar-refractivity contribution in [2.45, 2.75) is 38.0 Å². The number of halogens is 1. The number of nitrogens with one attached hydrogen (secondary N) is 1. The van der Waals surface area contributed by atoms with Crippen LogP contribution in [0.3, 0.4) is 0 Å². The van der Waals surface area contributed by atoms with E-state index in [1.807, 2.05) is 36.4 Å². The van der Waals surface area contributed by atoms with Gasteiger partial charge < -0.3 is 20.9 Å². The van der Waals surface area contributed by atoms with E-state index in [1.165, 1.54) is 5.56 Å². The SMILES string of the molecule is NC1=NC(CCc2ccc(NC(O)CCc3ccccc3Cl)cc2)CO1. The molecule has 0 amide bonds. The van der Waals surface area contributed by atoms with Crippen LogP contribution in [0.2, 0.25) is 5.02 Å². The van der Waals surface area contributed by atoms with Crippen LogP contribution >= 0.6 is 11.6 Å². The second-order valence-electron chi connectivity index (χ2n) is 6.46. The summed E-state index contributed by atoms with van der Waals surface area (Å²) < 4.78 is 5.16. The Hall–Kier alpha value is -2.24. The summed E-state index contributed by atoms with van der Waals surface area (Å²) in [6.07, 6.45) is 2.52. The molecular formula is C20H24ClN3O2. The maximum absolute atomic E-state index is 10.2. The minimum atomic E-state index is -0.620. The molecule has 5 nitrogen and oxygen atoms in total. The van der Waals surface area contributed by atoms with Gasteiger partial charge in [0.2, 0.25) is 0 Å². The lowest BCUT2D eigenvalue weighted by Crippen LogP contribution is -2.19. The third-order valence-corrected chi connectivity index (χ3v) is 4.80. The van der Waals surface area contributed by atoms with Crippen LogP contribution in [0.1, 0.15) is 24.0 Å². The van der Waals surface area contributed by atoms with Crippen molar-refractivity contribution in [1.29, 1.82) is 0 Å². The van der Waals surface area contributed by atoms with Crippen LogP contribution in [0.15, 0.2) is 53.5 Å². The molecule has 0 aliphatic carbocycles. The largest absolute Gasteiger partial charge is 0.463 e. The van der Waals surface area contributed by atoms with E-state index in [9.17, 15) is 5.11 Å². The quantitative estimate of drug-likeness (QED) is 0.620. The zero-order chi connectivity index (χ0) is 18.4. The number of aliphatic hydroxyl groups excluding tert-OH is 1. The Morgan fingerprint density at radius 3 is 2.65 bits per heavy atom. The molecule has 138 valence electrons. The molecule has 2 aromatic rings. The molecule has 0 aromatic heterocycles. The van der Waals surface area contributed by atoms with Crippen molar-refractivity contribution < 1.29 is 9.84 Å². The molecule has 6 heteroatoms. The lowest BCUT2D eigenvalue weighted by Gasteiger charge is -2.15. The molecule has 2 aromatic carbocycles. The number of rotatable bonds is 8. The summed E-state index contributed by atoms with van der Waals surface area (Å²) in [5.74, 6) is 0. The standard InChI is InChI=1S/C20H24ClN3O2/c21-18-4-2-1-3-15(18)8-12-19(25)23-16-9-5-14(6-10-16)7-11-17-13-26-20(22)24-17/h1-6,9-10,17,19,23,25H,7-8,11-13H2,(H2,22,24). The van der Waals surface area contributed by atoms with Gasteiger partial charge in [-0.3, -0.25) is 0 Å². The van der Waals surface area contributed by atoms with Crippen molar-refractivity contribution in [3.05, 3.63) is 64.7 Å². The molecule has 0 saturated heterocycles. The molecule has 2 unspecified atom stereocenters. The van der Waals surface area contributed by atoms with Crippen molar-refractivity contribution in [3.63, 3.8) is 0 Å². The molecule has 1 aliphatic rings. The molecule has 2 atom stereocenters. The molecule has 0 bridgehead atoms. The van der Waals surface area contributed by atoms with Gasteiger partial charge in [-0.15, -0.1) is 0 Å². The Kier molecular flexibility index (Phi) is 6.36. The first-order valence-corrected chi connectivity index (χ1v) is 9.21. The highest BCUT2D eigenvalue weighted by atomic mass is 35.5. The van der Waals surface area contributed by atoms with Crippen molar-refractivity contribution in [3.8, 4) is 0 Å². The molecule has 26 heavy (non-hydrogen) atoms. The fourth-order valence-corrected chi connectivity index (χ4v) is 3.17. The third kappa shape index (κ3) is 5.38. The minimum Gasteiger partial charge on any atom is -0.463 e. The summed E-state index contributed by atoms with van der Waals surface area (Å²) in [7, 11) is 0. The summed E-state index contributed by atoms with van der Waals surface area (Å²) in [6.45, 7) is 0.573. The Balaban J connectivity index is 1.44. The van der Waals surface area contributed by atoms with Crippen LogP contribution in [-0.4, -0.2) is 30.0 Å². The molecule has 0 saturated carbocycles. The zero-order valence-corrected chi connectivity index (χ0v) is 15.3. The molecule has 0 fully saturated rings. The number of benzene rings is 2. The van der Waals surface area contributed by atoms with Gasteiger partial charge in [0.05, 0.1) is 6.04 Å². The van der Waals surface area contributed by atoms with E-state index in [-0.39, 0.29) is 6.04 Å². The predicted octanol–water partition coefficient (Wildman–Crippen LogP) is 3.35. The topological polar surface area (TPSA) is 79.9 Å².